The van der Waals surface area contributed by atoms with Crippen molar-refractivity contribution in [3.05, 3.63) is 0 Å². The van der Waals surface area contributed by atoms with Crippen LogP contribution in [0.25, 0.3) is 0 Å². The van der Waals surface area contributed by atoms with Crippen LogP contribution >= 0.6 is 0 Å². The molecule has 1 N–H and O–H groups in total. The average Bonchev–Trinajstić information content (AvgIpc) is 1.91. The van der Waals surface area contributed by atoms with Gasteiger partial charge in [-0.2, -0.15) is 0 Å². The van der Waals surface area contributed by atoms with E-state index in [2.05, 4.69) is 5.48 Å². The van der Waals surface area contributed by atoms with Gasteiger partial charge in [0.15, 0.2) is 0 Å². The first-order chi connectivity index (χ1) is 4.43. The molecule has 9 heavy (non-hydrogen) atoms. The van der Waals surface area contributed by atoms with Crippen LogP contribution in [0.15, 0.2) is 0 Å². The minimum absolute atomic E-state index is 0.267. The van der Waals surface area contributed by atoms with Gasteiger partial charge in [0.2, 0.25) is 0 Å². The molecule has 0 radical (unpaired) electrons. The van der Waals surface area contributed by atoms with Crippen molar-refractivity contribution in [1.82, 2.24) is 5.48 Å². The average molecular weight is 131 g/mol. The summed E-state index contributed by atoms with van der Waals surface area (Å²) in [6.45, 7) is 1.63. The lowest BCUT2D eigenvalue weighted by atomic mass is 10.2. The summed E-state index contributed by atoms with van der Waals surface area (Å²) in [5.41, 5.74) is 2.66. The summed E-state index contributed by atoms with van der Waals surface area (Å²) in [6, 6.07) is 0. The quantitative estimate of drug-likeness (QED) is 0.547. The molecule has 1 aliphatic heterocycles. The molecule has 0 aromatic heterocycles. The number of rotatable bonds is 2. The number of hydroxylamine groups is 1. The molecule has 1 fully saturated rings. The monoisotopic (exact) mass is 131 g/mol. The minimum Gasteiger partial charge on any atom is -0.379 e. The zero-order valence-electron chi connectivity index (χ0n) is 5.72. The van der Waals surface area contributed by atoms with E-state index in [1.807, 2.05) is 0 Å². The molecule has 1 atom stereocenters. The van der Waals surface area contributed by atoms with E-state index in [-0.39, 0.29) is 6.10 Å². The Bertz CT molecular complexity index is 68.7. The van der Waals surface area contributed by atoms with E-state index in [0.717, 1.165) is 26.1 Å². The zero-order chi connectivity index (χ0) is 6.53. The van der Waals surface area contributed by atoms with Gasteiger partial charge >= 0.3 is 0 Å². The van der Waals surface area contributed by atoms with Gasteiger partial charge in [-0.15, -0.1) is 0 Å². The lowest BCUT2D eigenvalue weighted by Crippen LogP contribution is -2.29. The maximum Gasteiger partial charge on any atom is 0.102 e. The van der Waals surface area contributed by atoms with Gasteiger partial charge in [-0.05, 0) is 12.8 Å². The van der Waals surface area contributed by atoms with Crippen LogP contribution in [0.3, 0.4) is 0 Å². The Kier molecular flexibility index (Phi) is 2.97. The fourth-order valence-electron chi connectivity index (χ4n) is 0.971. The van der Waals surface area contributed by atoms with Crippen molar-refractivity contribution in [1.29, 1.82) is 0 Å². The van der Waals surface area contributed by atoms with Crippen molar-refractivity contribution in [3.63, 3.8) is 0 Å². The smallest absolute Gasteiger partial charge is 0.102 e. The van der Waals surface area contributed by atoms with Crippen LogP contribution in [-0.2, 0) is 9.57 Å². The normalized spacial score (nSPS) is 28.3. The maximum atomic E-state index is 5.17. The van der Waals surface area contributed by atoms with Gasteiger partial charge in [0, 0.05) is 13.7 Å². The number of hydrogen-bond acceptors (Lipinski definition) is 3. The summed E-state index contributed by atoms with van der Waals surface area (Å²) in [4.78, 5) is 5.11. The van der Waals surface area contributed by atoms with Crippen molar-refractivity contribution in [2.24, 2.45) is 0 Å². The molecule has 0 aliphatic carbocycles. The van der Waals surface area contributed by atoms with Gasteiger partial charge in [-0.1, -0.05) is 0 Å². The second-order valence-corrected chi connectivity index (χ2v) is 2.16. The second kappa shape index (κ2) is 3.82. The summed E-state index contributed by atoms with van der Waals surface area (Å²) in [5.74, 6) is 0. The second-order valence-electron chi connectivity index (χ2n) is 2.16. The molecular formula is C6H13NO2. The van der Waals surface area contributed by atoms with Gasteiger partial charge in [0.05, 0.1) is 6.61 Å². The van der Waals surface area contributed by atoms with E-state index in [4.69, 9.17) is 9.57 Å². The predicted molar refractivity (Wildman–Crippen MR) is 34.0 cm³/mol. The highest BCUT2D eigenvalue weighted by Crippen LogP contribution is 2.07. The predicted octanol–water partition coefficient (Wildman–Crippen LogP) is 0.316. The molecule has 0 bridgehead atoms. The fourth-order valence-corrected chi connectivity index (χ4v) is 0.971. The molecule has 0 saturated carbocycles. The molecule has 1 aliphatic rings. The third kappa shape index (κ3) is 2.30. The highest BCUT2D eigenvalue weighted by atomic mass is 16.7. The number of hydrogen-bond donors (Lipinski definition) is 1. The third-order valence-electron chi connectivity index (χ3n) is 1.40. The number of ether oxygens (including phenoxy) is 1. The minimum atomic E-state index is 0.267. The van der Waals surface area contributed by atoms with E-state index in [9.17, 15) is 0 Å². The molecule has 54 valence electrons. The Morgan fingerprint density at radius 2 is 2.56 bits per heavy atom. The first-order valence-electron chi connectivity index (χ1n) is 3.33. The molecule has 1 saturated heterocycles. The zero-order valence-corrected chi connectivity index (χ0v) is 5.72. The van der Waals surface area contributed by atoms with Crippen LogP contribution in [0.2, 0.25) is 0 Å². The van der Waals surface area contributed by atoms with Crippen LogP contribution in [-0.4, -0.2) is 26.4 Å². The van der Waals surface area contributed by atoms with Crippen molar-refractivity contribution in [2.45, 2.75) is 18.9 Å². The molecular weight excluding hydrogens is 118 g/mol. The Balaban J connectivity index is 2.08. The summed E-state index contributed by atoms with van der Waals surface area (Å²) < 4.78 is 5.17. The molecule has 0 amide bonds. The molecule has 0 spiro atoms. The van der Waals surface area contributed by atoms with Gasteiger partial charge in [0.1, 0.15) is 6.10 Å². The molecule has 1 heterocycles. The van der Waals surface area contributed by atoms with E-state index < -0.39 is 0 Å². The Morgan fingerprint density at radius 1 is 1.67 bits per heavy atom. The molecule has 1 rings (SSSR count). The highest BCUT2D eigenvalue weighted by Gasteiger charge is 2.12. The van der Waals surface area contributed by atoms with E-state index in [0.29, 0.717) is 0 Å². The van der Waals surface area contributed by atoms with Crippen LogP contribution in [0.4, 0.5) is 0 Å². The molecule has 3 nitrogen and oxygen atoms in total. The maximum absolute atomic E-state index is 5.17. The first kappa shape index (κ1) is 6.99. The standard InChI is InChI=1S/C6H13NO2/c1-7-9-6-3-2-4-8-5-6/h6-7H,2-5H2,1H3. The Morgan fingerprint density at radius 3 is 3.11 bits per heavy atom. The van der Waals surface area contributed by atoms with E-state index in [1.54, 1.807) is 7.05 Å². The Hall–Kier alpha value is -0.120. The lowest BCUT2D eigenvalue weighted by molar-refractivity contribution is -0.0855. The van der Waals surface area contributed by atoms with Gasteiger partial charge in [-0.25, -0.2) is 5.48 Å². The Labute approximate surface area is 55.3 Å². The van der Waals surface area contributed by atoms with Crippen molar-refractivity contribution < 1.29 is 9.57 Å². The van der Waals surface area contributed by atoms with E-state index >= 15 is 0 Å². The molecule has 3 heteroatoms. The van der Waals surface area contributed by atoms with Gasteiger partial charge in [0.25, 0.3) is 0 Å². The first-order valence-corrected chi connectivity index (χ1v) is 3.33. The molecule has 0 aromatic rings. The largest absolute Gasteiger partial charge is 0.379 e. The van der Waals surface area contributed by atoms with E-state index in [1.165, 1.54) is 0 Å². The fraction of sp³-hybridized carbons (Fsp3) is 1.00. The summed E-state index contributed by atoms with van der Waals surface area (Å²) in [7, 11) is 1.77. The summed E-state index contributed by atoms with van der Waals surface area (Å²) in [6.07, 6.45) is 2.50. The lowest BCUT2D eigenvalue weighted by Gasteiger charge is -2.20. The molecule has 1 unspecified atom stereocenters. The van der Waals surface area contributed by atoms with Gasteiger partial charge in [-0.3, -0.25) is 4.84 Å². The molecule has 0 aromatic carbocycles. The third-order valence-corrected chi connectivity index (χ3v) is 1.40. The van der Waals surface area contributed by atoms with Crippen LogP contribution in [0.1, 0.15) is 12.8 Å². The van der Waals surface area contributed by atoms with Gasteiger partial charge < -0.3 is 4.74 Å². The topological polar surface area (TPSA) is 30.5 Å². The van der Waals surface area contributed by atoms with Crippen molar-refractivity contribution in [2.75, 3.05) is 20.3 Å². The number of nitrogens with one attached hydrogen (secondary N) is 1. The van der Waals surface area contributed by atoms with Crippen LogP contribution in [0, 0.1) is 0 Å². The van der Waals surface area contributed by atoms with Crippen LogP contribution in [0.5, 0.6) is 0 Å². The summed E-state index contributed by atoms with van der Waals surface area (Å²) in [5, 5.41) is 0. The van der Waals surface area contributed by atoms with Crippen molar-refractivity contribution in [3.8, 4) is 0 Å². The van der Waals surface area contributed by atoms with Crippen LogP contribution < -0.4 is 5.48 Å². The van der Waals surface area contributed by atoms with Crippen molar-refractivity contribution >= 4 is 0 Å². The highest BCUT2D eigenvalue weighted by molar-refractivity contribution is 4.60. The SMILES string of the molecule is CNOC1CCCOC1. The summed E-state index contributed by atoms with van der Waals surface area (Å²) >= 11 is 0.